The molecule has 1 aromatic rings. The Morgan fingerprint density at radius 1 is 1.41 bits per heavy atom. The van der Waals surface area contributed by atoms with Gasteiger partial charge in [-0.2, -0.15) is 0 Å². The molecule has 126 valence electrons. The van der Waals surface area contributed by atoms with E-state index in [1.807, 2.05) is 0 Å². The molecule has 1 atom stereocenters. The highest BCUT2D eigenvalue weighted by Gasteiger charge is 2.11. The van der Waals surface area contributed by atoms with Gasteiger partial charge in [0.15, 0.2) is 5.96 Å². The lowest BCUT2D eigenvalue weighted by Gasteiger charge is -2.20. The number of thiophene rings is 1. The molecule has 1 aromatic heterocycles. The Labute approximate surface area is 146 Å². The highest BCUT2D eigenvalue weighted by molar-refractivity contribution is 9.10. The first-order valence-corrected chi connectivity index (χ1v) is 9.58. The van der Waals surface area contributed by atoms with Crippen LogP contribution in [0.1, 0.15) is 38.5 Å². The maximum absolute atomic E-state index is 9.20. The summed E-state index contributed by atoms with van der Waals surface area (Å²) in [4.78, 5) is 5.86. The van der Waals surface area contributed by atoms with E-state index in [0.717, 1.165) is 36.4 Å². The van der Waals surface area contributed by atoms with Crippen LogP contribution in [0.3, 0.4) is 0 Å². The van der Waals surface area contributed by atoms with Crippen molar-refractivity contribution in [3.05, 3.63) is 20.8 Å². The van der Waals surface area contributed by atoms with Crippen LogP contribution in [0.25, 0.3) is 0 Å². The molecular weight excluding hydrogens is 362 g/mol. The van der Waals surface area contributed by atoms with Gasteiger partial charge < -0.3 is 15.7 Å². The van der Waals surface area contributed by atoms with Gasteiger partial charge in [0, 0.05) is 34.4 Å². The zero-order valence-corrected chi connectivity index (χ0v) is 16.1. The highest BCUT2D eigenvalue weighted by Crippen LogP contribution is 2.20. The Balaban J connectivity index is 2.54. The molecule has 0 spiro atoms. The van der Waals surface area contributed by atoms with Gasteiger partial charge in [0.2, 0.25) is 0 Å². The zero-order valence-electron chi connectivity index (χ0n) is 13.7. The minimum atomic E-state index is 0.246. The summed E-state index contributed by atoms with van der Waals surface area (Å²) in [6.45, 7) is 9.12. The molecule has 0 amide bonds. The molecule has 0 bridgehead atoms. The van der Waals surface area contributed by atoms with Gasteiger partial charge in [0.1, 0.15) is 0 Å². The smallest absolute Gasteiger partial charge is 0.191 e. The van der Waals surface area contributed by atoms with Crippen LogP contribution in [0, 0.1) is 11.8 Å². The first kappa shape index (κ1) is 19.5. The van der Waals surface area contributed by atoms with Gasteiger partial charge in [-0.25, -0.2) is 4.99 Å². The average Bonchev–Trinajstić information content (AvgIpc) is 2.87. The number of aliphatic hydroxyl groups excluding tert-OH is 1. The normalized spacial score (nSPS) is 13.5. The van der Waals surface area contributed by atoms with Crippen LogP contribution < -0.4 is 10.6 Å². The van der Waals surface area contributed by atoms with Crippen LogP contribution in [0.15, 0.2) is 20.9 Å². The Morgan fingerprint density at radius 3 is 2.73 bits per heavy atom. The van der Waals surface area contributed by atoms with Crippen molar-refractivity contribution in [1.29, 1.82) is 0 Å². The van der Waals surface area contributed by atoms with E-state index in [4.69, 9.17) is 0 Å². The second-order valence-corrected chi connectivity index (χ2v) is 7.73. The van der Waals surface area contributed by atoms with Gasteiger partial charge in [0.25, 0.3) is 0 Å². The van der Waals surface area contributed by atoms with Crippen LogP contribution in [-0.4, -0.2) is 30.8 Å². The van der Waals surface area contributed by atoms with Crippen molar-refractivity contribution in [3.63, 3.8) is 0 Å². The van der Waals surface area contributed by atoms with Gasteiger partial charge in [0.05, 0.1) is 6.54 Å². The summed E-state index contributed by atoms with van der Waals surface area (Å²) in [5.74, 6) is 1.96. The van der Waals surface area contributed by atoms with Crippen LogP contribution >= 0.6 is 27.3 Å². The first-order valence-electron chi connectivity index (χ1n) is 7.91. The summed E-state index contributed by atoms with van der Waals surface area (Å²) >= 11 is 5.17. The van der Waals surface area contributed by atoms with E-state index >= 15 is 0 Å². The van der Waals surface area contributed by atoms with Crippen molar-refractivity contribution in [2.75, 3.05) is 19.7 Å². The molecule has 0 aliphatic rings. The number of aliphatic imine (C=N–C) groups is 1. The molecular formula is C16H28BrN3OS. The summed E-state index contributed by atoms with van der Waals surface area (Å²) in [7, 11) is 0. The topological polar surface area (TPSA) is 56.7 Å². The minimum Gasteiger partial charge on any atom is -0.396 e. The summed E-state index contributed by atoms with van der Waals surface area (Å²) in [5.41, 5.74) is 0. The van der Waals surface area contributed by atoms with Crippen LogP contribution in [0.4, 0.5) is 0 Å². The lowest BCUT2D eigenvalue weighted by molar-refractivity contribution is 0.243. The quantitative estimate of drug-likeness (QED) is 0.446. The van der Waals surface area contributed by atoms with Gasteiger partial charge in [-0.3, -0.25) is 0 Å². The van der Waals surface area contributed by atoms with E-state index in [1.54, 1.807) is 11.3 Å². The fourth-order valence-electron chi connectivity index (χ4n) is 2.33. The Morgan fingerprint density at radius 2 is 2.18 bits per heavy atom. The number of guanidine groups is 1. The molecule has 0 aromatic carbocycles. The molecule has 0 saturated carbocycles. The van der Waals surface area contributed by atoms with E-state index in [9.17, 15) is 5.11 Å². The number of hydrogen-bond donors (Lipinski definition) is 3. The average molecular weight is 390 g/mol. The van der Waals surface area contributed by atoms with E-state index in [1.165, 1.54) is 4.88 Å². The summed E-state index contributed by atoms with van der Waals surface area (Å²) < 4.78 is 1.11. The van der Waals surface area contributed by atoms with Crippen molar-refractivity contribution in [2.45, 2.75) is 40.2 Å². The summed E-state index contributed by atoms with van der Waals surface area (Å²) in [6.07, 6.45) is 1.95. The summed E-state index contributed by atoms with van der Waals surface area (Å²) in [5, 5.41) is 18.0. The van der Waals surface area contributed by atoms with E-state index < -0.39 is 0 Å². The van der Waals surface area contributed by atoms with Gasteiger partial charge in [-0.05, 0) is 53.6 Å². The molecule has 4 nitrogen and oxygen atoms in total. The largest absolute Gasteiger partial charge is 0.396 e. The highest BCUT2D eigenvalue weighted by atomic mass is 79.9. The number of hydrogen-bond acceptors (Lipinski definition) is 3. The second kappa shape index (κ2) is 11.0. The van der Waals surface area contributed by atoms with Crippen molar-refractivity contribution in [1.82, 2.24) is 10.6 Å². The number of nitrogens with one attached hydrogen (secondary N) is 2. The standard InChI is InChI=1S/C16H28BrN3OS/c1-4-18-16(20-10-15-8-14(17)11-22-15)19-9-13(5-6-21)7-12(2)3/h8,11-13,21H,4-7,9-10H2,1-3H3,(H2,18,19,20). The molecule has 0 fully saturated rings. The maximum atomic E-state index is 9.20. The molecule has 0 aliphatic carbocycles. The third-order valence-corrected chi connectivity index (χ3v) is 4.94. The molecule has 1 rings (SSSR count). The van der Waals surface area contributed by atoms with Crippen LogP contribution in [0.5, 0.6) is 0 Å². The first-order chi connectivity index (χ1) is 10.5. The van der Waals surface area contributed by atoms with Crippen LogP contribution in [0.2, 0.25) is 0 Å². The molecule has 1 unspecified atom stereocenters. The minimum absolute atomic E-state index is 0.246. The predicted molar refractivity (Wildman–Crippen MR) is 99.5 cm³/mol. The monoisotopic (exact) mass is 389 g/mol. The Bertz CT molecular complexity index is 448. The molecule has 0 aliphatic heterocycles. The Hall–Kier alpha value is -0.590. The molecule has 22 heavy (non-hydrogen) atoms. The van der Waals surface area contributed by atoms with Gasteiger partial charge >= 0.3 is 0 Å². The van der Waals surface area contributed by atoms with Crippen molar-refractivity contribution >= 4 is 33.2 Å². The van der Waals surface area contributed by atoms with E-state index in [0.29, 0.717) is 18.4 Å². The van der Waals surface area contributed by atoms with Crippen molar-refractivity contribution < 1.29 is 5.11 Å². The van der Waals surface area contributed by atoms with E-state index in [-0.39, 0.29) is 6.61 Å². The fourth-order valence-corrected chi connectivity index (χ4v) is 3.70. The lowest BCUT2D eigenvalue weighted by Crippen LogP contribution is -2.40. The predicted octanol–water partition coefficient (Wildman–Crippen LogP) is 3.61. The maximum Gasteiger partial charge on any atom is 0.191 e. The van der Waals surface area contributed by atoms with Crippen molar-refractivity contribution in [2.24, 2.45) is 16.8 Å². The molecule has 3 N–H and O–H groups in total. The zero-order chi connectivity index (χ0) is 16.4. The third-order valence-electron chi connectivity index (χ3n) is 3.26. The molecule has 6 heteroatoms. The summed E-state index contributed by atoms with van der Waals surface area (Å²) in [6, 6.07) is 2.10. The number of aliphatic hydroxyl groups is 1. The van der Waals surface area contributed by atoms with E-state index in [2.05, 4.69) is 63.8 Å². The molecule has 1 heterocycles. The number of nitrogens with zero attached hydrogens (tertiary/aromatic N) is 1. The third kappa shape index (κ3) is 8.15. The lowest BCUT2D eigenvalue weighted by atomic mass is 9.94. The number of rotatable bonds is 9. The molecule has 0 saturated heterocycles. The SMILES string of the molecule is CCNC(=NCc1cc(Br)cs1)NCC(CCO)CC(C)C. The number of halogens is 1. The van der Waals surface area contributed by atoms with Crippen molar-refractivity contribution in [3.8, 4) is 0 Å². The Kier molecular flexibility index (Phi) is 9.75. The van der Waals surface area contributed by atoms with Crippen LogP contribution in [-0.2, 0) is 6.54 Å². The second-order valence-electron chi connectivity index (χ2n) is 5.82. The fraction of sp³-hybridized carbons (Fsp3) is 0.688. The van der Waals surface area contributed by atoms with Gasteiger partial charge in [-0.15, -0.1) is 11.3 Å². The molecule has 0 radical (unpaired) electrons. The van der Waals surface area contributed by atoms with Gasteiger partial charge in [-0.1, -0.05) is 13.8 Å².